The van der Waals surface area contributed by atoms with Crippen LogP contribution in [0.25, 0.3) is 0 Å². The highest BCUT2D eigenvalue weighted by molar-refractivity contribution is 6.02. The Morgan fingerprint density at radius 1 is 1.41 bits per heavy atom. The van der Waals surface area contributed by atoms with Crippen LogP contribution < -0.4 is 10.1 Å². The number of fused-ring (bicyclic) bond motifs is 1. The quantitative estimate of drug-likeness (QED) is 0.739. The van der Waals surface area contributed by atoms with Gasteiger partial charge in [-0.3, -0.25) is 4.79 Å². The molecule has 88 valence electrons. The molecule has 17 heavy (non-hydrogen) atoms. The van der Waals surface area contributed by atoms with Crippen molar-refractivity contribution < 1.29 is 24.2 Å². The van der Waals surface area contributed by atoms with Gasteiger partial charge < -0.3 is 19.9 Å². The Morgan fingerprint density at radius 3 is 2.76 bits per heavy atom. The summed E-state index contributed by atoms with van der Waals surface area (Å²) in [5.74, 6) is -0.869. The van der Waals surface area contributed by atoms with Crippen LogP contribution in [0.3, 0.4) is 0 Å². The Bertz CT molecular complexity index is 521. The predicted molar refractivity (Wildman–Crippen MR) is 56.2 cm³/mol. The van der Waals surface area contributed by atoms with Crippen LogP contribution in [0.15, 0.2) is 18.2 Å². The molecule has 2 heterocycles. The second-order valence-corrected chi connectivity index (χ2v) is 4.06. The summed E-state index contributed by atoms with van der Waals surface area (Å²) in [5, 5.41) is 11.5. The summed E-state index contributed by atoms with van der Waals surface area (Å²) >= 11 is 0. The lowest BCUT2D eigenvalue weighted by molar-refractivity contribution is -0.178. The van der Waals surface area contributed by atoms with Crippen molar-refractivity contribution in [2.75, 3.05) is 18.5 Å². The molecule has 2 aliphatic heterocycles. The third-order valence-electron chi connectivity index (χ3n) is 2.86. The molecule has 1 amide bonds. The van der Waals surface area contributed by atoms with E-state index in [4.69, 9.17) is 14.6 Å². The molecule has 6 nitrogen and oxygen atoms in total. The van der Waals surface area contributed by atoms with E-state index in [0.29, 0.717) is 11.4 Å². The Kier molecular flexibility index (Phi) is 1.90. The van der Waals surface area contributed by atoms with Gasteiger partial charge >= 0.3 is 5.97 Å². The smallest absolute Gasteiger partial charge is 0.335 e. The highest BCUT2D eigenvalue weighted by atomic mass is 16.6. The first-order valence-corrected chi connectivity index (χ1v) is 5.06. The van der Waals surface area contributed by atoms with E-state index in [1.54, 1.807) is 0 Å². The molecule has 1 aromatic carbocycles. The second kappa shape index (κ2) is 3.21. The largest absolute Gasteiger partial charge is 0.478 e. The Balaban J connectivity index is 1.99. The summed E-state index contributed by atoms with van der Waals surface area (Å²) in [7, 11) is 0. The third-order valence-corrected chi connectivity index (χ3v) is 2.86. The van der Waals surface area contributed by atoms with Crippen LogP contribution in [-0.2, 0) is 9.53 Å². The fourth-order valence-electron chi connectivity index (χ4n) is 1.82. The van der Waals surface area contributed by atoms with E-state index in [1.165, 1.54) is 18.2 Å². The van der Waals surface area contributed by atoms with Crippen LogP contribution >= 0.6 is 0 Å². The van der Waals surface area contributed by atoms with Crippen molar-refractivity contribution in [2.24, 2.45) is 0 Å². The summed E-state index contributed by atoms with van der Waals surface area (Å²) in [4.78, 5) is 22.6. The maximum atomic E-state index is 11.8. The average Bonchev–Trinajstić information content (AvgIpc) is 2.25. The number of amides is 1. The van der Waals surface area contributed by atoms with Crippen LogP contribution in [0, 0.1) is 0 Å². The molecule has 0 saturated carbocycles. The minimum atomic E-state index is -1.05. The van der Waals surface area contributed by atoms with E-state index < -0.39 is 11.6 Å². The lowest BCUT2D eigenvalue weighted by atomic mass is 9.98. The molecule has 1 spiro atoms. The van der Waals surface area contributed by atoms with Gasteiger partial charge in [-0.1, -0.05) is 0 Å². The van der Waals surface area contributed by atoms with Crippen LogP contribution in [0.2, 0.25) is 0 Å². The van der Waals surface area contributed by atoms with E-state index in [-0.39, 0.29) is 24.7 Å². The molecule has 0 atom stereocenters. The van der Waals surface area contributed by atoms with Gasteiger partial charge in [-0.25, -0.2) is 4.79 Å². The average molecular weight is 235 g/mol. The highest BCUT2D eigenvalue weighted by Crippen LogP contribution is 2.37. The Morgan fingerprint density at radius 2 is 2.18 bits per heavy atom. The maximum Gasteiger partial charge on any atom is 0.335 e. The first kappa shape index (κ1) is 10.1. The van der Waals surface area contributed by atoms with Gasteiger partial charge in [-0.15, -0.1) is 0 Å². The van der Waals surface area contributed by atoms with Gasteiger partial charge in [0.15, 0.2) is 0 Å². The molecule has 1 aromatic rings. The number of carboxylic acid groups (broad SMARTS) is 1. The Hall–Kier alpha value is -2.08. The highest BCUT2D eigenvalue weighted by Gasteiger charge is 2.51. The predicted octanol–water partition coefficient (Wildman–Crippen LogP) is 0.485. The number of carbonyl (C=O) groups excluding carboxylic acids is 1. The van der Waals surface area contributed by atoms with Gasteiger partial charge in [0.1, 0.15) is 5.75 Å². The van der Waals surface area contributed by atoms with Crippen molar-refractivity contribution in [2.45, 2.75) is 5.60 Å². The summed E-state index contributed by atoms with van der Waals surface area (Å²) in [5.41, 5.74) is -0.446. The van der Waals surface area contributed by atoms with Gasteiger partial charge in [0.2, 0.25) is 5.60 Å². The number of rotatable bonds is 1. The lowest BCUT2D eigenvalue weighted by Crippen LogP contribution is -2.64. The number of hydrogen-bond acceptors (Lipinski definition) is 4. The molecule has 2 aliphatic rings. The van der Waals surface area contributed by atoms with Crippen LogP contribution in [-0.4, -0.2) is 35.8 Å². The normalized spacial score (nSPS) is 19.9. The molecule has 0 bridgehead atoms. The number of anilines is 1. The summed E-state index contributed by atoms with van der Waals surface area (Å²) in [6, 6.07) is 4.35. The number of carbonyl (C=O) groups is 2. The molecule has 0 unspecified atom stereocenters. The van der Waals surface area contributed by atoms with Gasteiger partial charge in [-0.05, 0) is 18.2 Å². The molecule has 2 N–H and O–H groups in total. The number of nitrogens with one attached hydrogen (secondary N) is 1. The zero-order valence-electron chi connectivity index (χ0n) is 8.73. The standard InChI is InChI=1S/C11H9NO5/c13-9(14)6-1-2-8-7(3-6)12-10(15)11(17-8)4-16-5-11/h1-3H,4-5H2,(H,12,15)(H,13,14). The molecule has 0 aliphatic carbocycles. The van der Waals surface area contributed by atoms with E-state index in [9.17, 15) is 9.59 Å². The summed E-state index contributed by atoms with van der Waals surface area (Å²) < 4.78 is 10.6. The molecule has 1 fully saturated rings. The Labute approximate surface area is 96.1 Å². The number of ether oxygens (including phenoxy) is 2. The maximum absolute atomic E-state index is 11.8. The third kappa shape index (κ3) is 1.38. The van der Waals surface area contributed by atoms with Crippen LogP contribution in [0.1, 0.15) is 10.4 Å². The number of aromatic carboxylic acids is 1. The van der Waals surface area contributed by atoms with Crippen molar-refractivity contribution in [3.8, 4) is 5.75 Å². The first-order chi connectivity index (χ1) is 8.11. The summed E-state index contributed by atoms with van der Waals surface area (Å²) in [6.45, 7) is 0.442. The zero-order valence-corrected chi connectivity index (χ0v) is 8.73. The van der Waals surface area contributed by atoms with E-state index in [2.05, 4.69) is 5.32 Å². The summed E-state index contributed by atoms with van der Waals surface area (Å²) in [6.07, 6.45) is 0. The van der Waals surface area contributed by atoms with Crippen molar-refractivity contribution in [3.05, 3.63) is 23.8 Å². The minimum absolute atomic E-state index is 0.105. The van der Waals surface area contributed by atoms with E-state index in [0.717, 1.165) is 0 Å². The lowest BCUT2D eigenvalue weighted by Gasteiger charge is -2.42. The molecular formula is C11H9NO5. The van der Waals surface area contributed by atoms with E-state index in [1.807, 2.05) is 0 Å². The second-order valence-electron chi connectivity index (χ2n) is 4.06. The minimum Gasteiger partial charge on any atom is -0.478 e. The van der Waals surface area contributed by atoms with Crippen molar-refractivity contribution in [1.29, 1.82) is 0 Å². The van der Waals surface area contributed by atoms with Gasteiger partial charge in [-0.2, -0.15) is 0 Å². The zero-order chi connectivity index (χ0) is 12.0. The number of hydrogen-bond donors (Lipinski definition) is 2. The van der Waals surface area contributed by atoms with Gasteiger partial charge in [0.05, 0.1) is 24.5 Å². The fourth-order valence-corrected chi connectivity index (χ4v) is 1.82. The molecule has 0 radical (unpaired) electrons. The molecule has 6 heteroatoms. The molecule has 3 rings (SSSR count). The van der Waals surface area contributed by atoms with Crippen LogP contribution in [0.5, 0.6) is 5.75 Å². The first-order valence-electron chi connectivity index (χ1n) is 5.06. The van der Waals surface area contributed by atoms with Crippen LogP contribution in [0.4, 0.5) is 5.69 Å². The fraction of sp³-hybridized carbons (Fsp3) is 0.273. The molecule has 0 aromatic heterocycles. The monoisotopic (exact) mass is 235 g/mol. The van der Waals surface area contributed by atoms with Crippen molar-refractivity contribution >= 4 is 17.6 Å². The van der Waals surface area contributed by atoms with Gasteiger partial charge in [0.25, 0.3) is 5.91 Å². The number of carboxylic acids is 1. The van der Waals surface area contributed by atoms with E-state index >= 15 is 0 Å². The number of benzene rings is 1. The molecular weight excluding hydrogens is 226 g/mol. The van der Waals surface area contributed by atoms with Crippen molar-refractivity contribution in [1.82, 2.24) is 0 Å². The topological polar surface area (TPSA) is 84.9 Å². The van der Waals surface area contributed by atoms with Crippen molar-refractivity contribution in [3.63, 3.8) is 0 Å². The molecule has 1 saturated heterocycles. The SMILES string of the molecule is O=C(O)c1ccc2c(c1)NC(=O)C1(COC1)O2. The van der Waals surface area contributed by atoms with Gasteiger partial charge in [0, 0.05) is 0 Å².